The Balaban J connectivity index is 3.68. The topological polar surface area (TPSA) is 0 Å². The summed E-state index contributed by atoms with van der Waals surface area (Å²) in [7, 11) is 0. The van der Waals surface area contributed by atoms with Gasteiger partial charge in [0.15, 0.2) is 0 Å². The first-order valence-corrected chi connectivity index (χ1v) is 9.86. The van der Waals surface area contributed by atoms with Crippen LogP contribution < -0.4 is 0 Å². The first kappa shape index (κ1) is 23.7. The molecule has 0 aromatic rings. The van der Waals surface area contributed by atoms with Gasteiger partial charge in [0.2, 0.25) is 0 Å². The standard InChI is InChI=1S/C26H36/c1-3-5-7-9-11-13-15-17-19-21-23-25-26-24-22-20-18-16-14-12-10-8-6-4-2/h3,5,7,9,11,13,15,17-26H,1,4,6,8,10,12,14,16H2,2H3. The molecule has 26 heavy (non-hydrogen) atoms. The summed E-state index contributed by atoms with van der Waals surface area (Å²) in [6, 6.07) is 0. The summed E-state index contributed by atoms with van der Waals surface area (Å²) < 4.78 is 0. The van der Waals surface area contributed by atoms with Gasteiger partial charge < -0.3 is 0 Å². The van der Waals surface area contributed by atoms with Crippen LogP contribution in [0, 0.1) is 0 Å². The fraction of sp³-hybridized carbons (Fsp3) is 0.308. The summed E-state index contributed by atoms with van der Waals surface area (Å²) in [6.07, 6.45) is 43.6. The number of hydrogen-bond acceptors (Lipinski definition) is 0. The molecule has 0 radical (unpaired) electrons. The van der Waals surface area contributed by atoms with Crippen LogP contribution in [-0.4, -0.2) is 0 Å². The smallest absolute Gasteiger partial charge is 0.0348 e. The Morgan fingerprint density at radius 1 is 0.462 bits per heavy atom. The van der Waals surface area contributed by atoms with Crippen LogP contribution in [0.4, 0.5) is 0 Å². The van der Waals surface area contributed by atoms with Crippen molar-refractivity contribution < 1.29 is 0 Å². The molecule has 0 fully saturated rings. The van der Waals surface area contributed by atoms with Crippen molar-refractivity contribution in [1.82, 2.24) is 0 Å². The van der Waals surface area contributed by atoms with Crippen molar-refractivity contribution in [3.63, 3.8) is 0 Å². The van der Waals surface area contributed by atoms with Crippen molar-refractivity contribution in [3.05, 3.63) is 110 Å². The van der Waals surface area contributed by atoms with Crippen LogP contribution in [0.3, 0.4) is 0 Å². The minimum absolute atomic E-state index is 1.19. The minimum atomic E-state index is 1.19. The van der Waals surface area contributed by atoms with Gasteiger partial charge >= 0.3 is 0 Å². The lowest BCUT2D eigenvalue weighted by Crippen LogP contribution is -1.77. The zero-order valence-electron chi connectivity index (χ0n) is 16.5. The van der Waals surface area contributed by atoms with Crippen molar-refractivity contribution in [2.75, 3.05) is 0 Å². The molecule has 0 bridgehead atoms. The van der Waals surface area contributed by atoms with E-state index in [9.17, 15) is 0 Å². The van der Waals surface area contributed by atoms with E-state index in [4.69, 9.17) is 0 Å². The molecule has 0 aliphatic rings. The van der Waals surface area contributed by atoms with Gasteiger partial charge in [0.05, 0.1) is 0 Å². The molecule has 0 nitrogen and oxygen atoms in total. The van der Waals surface area contributed by atoms with Gasteiger partial charge in [-0.2, -0.15) is 0 Å². The normalized spacial score (nSPS) is 13.6. The Morgan fingerprint density at radius 3 is 1.31 bits per heavy atom. The summed E-state index contributed by atoms with van der Waals surface area (Å²) in [5.41, 5.74) is 0. The molecule has 0 rings (SSSR count). The molecule has 0 aromatic carbocycles. The van der Waals surface area contributed by atoms with E-state index in [0.717, 1.165) is 0 Å². The van der Waals surface area contributed by atoms with Gasteiger partial charge in [-0.1, -0.05) is 149 Å². The fourth-order valence-corrected chi connectivity index (χ4v) is 2.13. The molecule has 0 saturated carbocycles. The third-order valence-electron chi connectivity index (χ3n) is 3.55. The zero-order valence-corrected chi connectivity index (χ0v) is 16.5. The van der Waals surface area contributed by atoms with Gasteiger partial charge in [0.25, 0.3) is 0 Å². The highest BCUT2D eigenvalue weighted by atomic mass is 13.9. The number of unbranched alkanes of at least 4 members (excludes halogenated alkanes) is 6. The van der Waals surface area contributed by atoms with Crippen LogP contribution in [0.15, 0.2) is 110 Å². The quantitative estimate of drug-likeness (QED) is 0.206. The lowest BCUT2D eigenvalue weighted by atomic mass is 10.1. The second-order valence-electron chi connectivity index (χ2n) is 5.91. The fourth-order valence-electron chi connectivity index (χ4n) is 2.13. The summed E-state index contributed by atoms with van der Waals surface area (Å²) >= 11 is 0. The molecule has 0 heterocycles. The Kier molecular flexibility index (Phi) is 20.6. The van der Waals surface area contributed by atoms with Crippen molar-refractivity contribution in [1.29, 1.82) is 0 Å². The van der Waals surface area contributed by atoms with Crippen LogP contribution in [-0.2, 0) is 0 Å². The van der Waals surface area contributed by atoms with Crippen LogP contribution in [0.5, 0.6) is 0 Å². The van der Waals surface area contributed by atoms with E-state index in [2.05, 4.69) is 37.8 Å². The second kappa shape index (κ2) is 22.7. The second-order valence-corrected chi connectivity index (χ2v) is 5.91. The average Bonchev–Trinajstić information content (AvgIpc) is 2.66. The highest BCUT2D eigenvalue weighted by Gasteiger charge is 1.87. The highest BCUT2D eigenvalue weighted by molar-refractivity contribution is 5.21. The molecule has 0 amide bonds. The number of hydrogen-bond donors (Lipinski definition) is 0. The maximum atomic E-state index is 3.61. The lowest BCUT2D eigenvalue weighted by Gasteiger charge is -1.97. The van der Waals surface area contributed by atoms with Crippen molar-refractivity contribution in [3.8, 4) is 0 Å². The average molecular weight is 349 g/mol. The van der Waals surface area contributed by atoms with Crippen molar-refractivity contribution in [2.24, 2.45) is 0 Å². The van der Waals surface area contributed by atoms with Gasteiger partial charge in [-0.15, -0.1) is 0 Å². The summed E-state index contributed by atoms with van der Waals surface area (Å²) in [5.74, 6) is 0. The Hall–Kier alpha value is -2.34. The molecule has 0 N–H and O–H groups in total. The minimum Gasteiger partial charge on any atom is -0.0991 e. The van der Waals surface area contributed by atoms with E-state index in [1.54, 1.807) is 6.08 Å². The summed E-state index contributed by atoms with van der Waals surface area (Å²) in [4.78, 5) is 0. The van der Waals surface area contributed by atoms with Gasteiger partial charge in [-0.05, 0) is 12.8 Å². The first-order valence-electron chi connectivity index (χ1n) is 9.86. The van der Waals surface area contributed by atoms with Gasteiger partial charge in [0, 0.05) is 0 Å². The molecule has 0 saturated heterocycles. The molecular weight excluding hydrogens is 312 g/mol. The largest absolute Gasteiger partial charge is 0.0991 e. The molecular formula is C26H36. The van der Waals surface area contributed by atoms with Crippen LogP contribution in [0.1, 0.15) is 51.9 Å². The van der Waals surface area contributed by atoms with Crippen molar-refractivity contribution >= 4 is 0 Å². The van der Waals surface area contributed by atoms with Crippen molar-refractivity contribution in [2.45, 2.75) is 51.9 Å². The first-order chi connectivity index (χ1) is 12.9. The van der Waals surface area contributed by atoms with Gasteiger partial charge in [-0.3, -0.25) is 0 Å². The Bertz CT molecular complexity index is 530. The molecule has 0 aliphatic carbocycles. The molecule has 0 unspecified atom stereocenters. The van der Waals surface area contributed by atoms with E-state index < -0.39 is 0 Å². The Labute approximate surface area is 162 Å². The van der Waals surface area contributed by atoms with E-state index in [0.29, 0.717) is 0 Å². The predicted molar refractivity (Wildman–Crippen MR) is 121 cm³/mol. The Morgan fingerprint density at radius 2 is 0.846 bits per heavy atom. The lowest BCUT2D eigenvalue weighted by molar-refractivity contribution is 0.611. The molecule has 0 atom stereocenters. The third kappa shape index (κ3) is 21.7. The number of rotatable bonds is 15. The maximum Gasteiger partial charge on any atom is -0.0348 e. The van der Waals surface area contributed by atoms with Gasteiger partial charge in [0.1, 0.15) is 0 Å². The van der Waals surface area contributed by atoms with Crippen LogP contribution in [0.2, 0.25) is 0 Å². The monoisotopic (exact) mass is 348 g/mol. The predicted octanol–water partition coefficient (Wildman–Crippen LogP) is 8.37. The summed E-state index contributed by atoms with van der Waals surface area (Å²) in [5, 5.41) is 0. The van der Waals surface area contributed by atoms with Crippen LogP contribution >= 0.6 is 0 Å². The molecule has 140 valence electrons. The SMILES string of the molecule is C=CC=CC=CC=CC=CC=CC=CC=CC=CCCCCCCCC. The van der Waals surface area contributed by atoms with E-state index in [1.165, 1.54) is 44.9 Å². The molecule has 0 aromatic heterocycles. The molecule has 0 spiro atoms. The van der Waals surface area contributed by atoms with E-state index in [1.807, 2.05) is 72.9 Å². The highest BCUT2D eigenvalue weighted by Crippen LogP contribution is 2.07. The van der Waals surface area contributed by atoms with E-state index >= 15 is 0 Å². The van der Waals surface area contributed by atoms with E-state index in [-0.39, 0.29) is 0 Å². The zero-order chi connectivity index (χ0) is 19.0. The molecule has 0 aliphatic heterocycles. The number of allylic oxidation sites excluding steroid dienone is 17. The third-order valence-corrected chi connectivity index (χ3v) is 3.55. The molecule has 0 heteroatoms. The maximum absolute atomic E-state index is 3.61. The van der Waals surface area contributed by atoms with Crippen LogP contribution in [0.25, 0.3) is 0 Å². The van der Waals surface area contributed by atoms with Gasteiger partial charge in [-0.25, -0.2) is 0 Å². The summed E-state index contributed by atoms with van der Waals surface area (Å²) in [6.45, 7) is 5.88.